The SMILES string of the molecule is C#CCOc1c(Br)cc(/C=C(\C#N)c2ccc(C)cc2)cc1Br. The first-order chi connectivity index (χ1) is 11.0. The number of allylic oxidation sites excluding steroid dienone is 1. The van der Waals surface area contributed by atoms with Gasteiger partial charge in [-0.2, -0.15) is 5.26 Å². The first kappa shape index (κ1) is 17.3. The standard InChI is InChI=1S/C19H13Br2NO/c1-3-8-23-19-17(20)10-14(11-18(19)21)9-16(12-22)15-6-4-13(2)5-7-15/h1,4-7,9-11H,8H2,2H3/b16-9+. The van der Waals surface area contributed by atoms with Crippen molar-refractivity contribution < 1.29 is 4.74 Å². The highest BCUT2D eigenvalue weighted by atomic mass is 79.9. The van der Waals surface area contributed by atoms with Crippen molar-refractivity contribution in [2.24, 2.45) is 0 Å². The van der Waals surface area contributed by atoms with E-state index in [9.17, 15) is 5.26 Å². The molecule has 23 heavy (non-hydrogen) atoms. The number of nitriles is 1. The van der Waals surface area contributed by atoms with E-state index >= 15 is 0 Å². The molecule has 0 aliphatic carbocycles. The zero-order valence-electron chi connectivity index (χ0n) is 12.4. The average Bonchev–Trinajstić information content (AvgIpc) is 2.53. The molecule has 0 aliphatic heterocycles. The van der Waals surface area contributed by atoms with Crippen molar-refractivity contribution in [3.8, 4) is 24.2 Å². The Hall–Kier alpha value is -2.01. The third-order valence-corrected chi connectivity index (χ3v) is 4.29. The fourth-order valence-electron chi connectivity index (χ4n) is 1.99. The Bertz CT molecular complexity index is 801. The van der Waals surface area contributed by atoms with Gasteiger partial charge >= 0.3 is 0 Å². The summed E-state index contributed by atoms with van der Waals surface area (Å²) in [7, 11) is 0. The molecule has 0 saturated heterocycles. The molecule has 0 radical (unpaired) electrons. The summed E-state index contributed by atoms with van der Waals surface area (Å²) in [4.78, 5) is 0. The van der Waals surface area contributed by atoms with E-state index < -0.39 is 0 Å². The fraction of sp³-hybridized carbons (Fsp3) is 0.105. The molecular weight excluding hydrogens is 418 g/mol. The molecule has 114 valence electrons. The number of halogens is 2. The van der Waals surface area contributed by atoms with E-state index in [0.717, 1.165) is 25.6 Å². The molecule has 0 N–H and O–H groups in total. The minimum Gasteiger partial charge on any atom is -0.479 e. The van der Waals surface area contributed by atoms with E-state index in [0.29, 0.717) is 11.3 Å². The van der Waals surface area contributed by atoms with Crippen LogP contribution in [0.5, 0.6) is 5.75 Å². The topological polar surface area (TPSA) is 33.0 Å². The molecule has 0 atom stereocenters. The maximum atomic E-state index is 9.43. The van der Waals surface area contributed by atoms with Gasteiger partial charge < -0.3 is 4.74 Å². The van der Waals surface area contributed by atoms with E-state index in [2.05, 4.69) is 43.8 Å². The monoisotopic (exact) mass is 429 g/mol. The molecule has 0 bridgehead atoms. The van der Waals surface area contributed by atoms with Gasteiger partial charge in [0.2, 0.25) is 0 Å². The molecule has 0 aromatic heterocycles. The average molecular weight is 431 g/mol. The lowest BCUT2D eigenvalue weighted by atomic mass is 10.0. The molecule has 2 nitrogen and oxygen atoms in total. The van der Waals surface area contributed by atoms with Gasteiger partial charge in [0.1, 0.15) is 12.4 Å². The lowest BCUT2D eigenvalue weighted by molar-refractivity contribution is 0.365. The number of nitrogens with zero attached hydrogens (tertiary/aromatic N) is 1. The van der Waals surface area contributed by atoms with Gasteiger partial charge in [0.15, 0.2) is 0 Å². The van der Waals surface area contributed by atoms with Gasteiger partial charge in [0, 0.05) is 0 Å². The second kappa shape index (κ2) is 8.02. The van der Waals surface area contributed by atoms with E-state index in [4.69, 9.17) is 11.2 Å². The Kier molecular flexibility index (Phi) is 6.04. The van der Waals surface area contributed by atoms with Crippen molar-refractivity contribution in [2.75, 3.05) is 6.61 Å². The number of hydrogen-bond donors (Lipinski definition) is 0. The van der Waals surface area contributed by atoms with Crippen molar-refractivity contribution in [1.82, 2.24) is 0 Å². The maximum Gasteiger partial charge on any atom is 0.149 e. The van der Waals surface area contributed by atoms with E-state index in [1.165, 1.54) is 0 Å². The molecule has 0 saturated carbocycles. The number of aryl methyl sites for hydroxylation is 1. The Morgan fingerprint density at radius 3 is 2.35 bits per heavy atom. The molecule has 0 amide bonds. The molecule has 4 heteroatoms. The molecule has 0 fully saturated rings. The first-order valence-corrected chi connectivity index (χ1v) is 8.38. The molecule has 2 aromatic carbocycles. The van der Waals surface area contributed by atoms with Crippen LogP contribution in [0.2, 0.25) is 0 Å². The van der Waals surface area contributed by atoms with E-state index in [-0.39, 0.29) is 6.61 Å². The minimum absolute atomic E-state index is 0.194. The Morgan fingerprint density at radius 1 is 1.22 bits per heavy atom. The van der Waals surface area contributed by atoms with Gasteiger partial charge in [-0.05, 0) is 68.1 Å². The minimum atomic E-state index is 0.194. The van der Waals surface area contributed by atoms with Crippen LogP contribution in [0.1, 0.15) is 16.7 Å². The lowest BCUT2D eigenvalue weighted by Crippen LogP contribution is -1.95. The molecule has 0 heterocycles. The number of hydrogen-bond acceptors (Lipinski definition) is 2. The van der Waals surface area contributed by atoms with Crippen LogP contribution in [0, 0.1) is 30.6 Å². The molecular formula is C19H13Br2NO. The smallest absolute Gasteiger partial charge is 0.149 e. The van der Waals surface area contributed by atoms with Gasteiger partial charge in [-0.25, -0.2) is 0 Å². The molecule has 2 rings (SSSR count). The lowest BCUT2D eigenvalue weighted by Gasteiger charge is -2.09. The predicted molar refractivity (Wildman–Crippen MR) is 101 cm³/mol. The van der Waals surface area contributed by atoms with Crippen molar-refractivity contribution in [1.29, 1.82) is 5.26 Å². The van der Waals surface area contributed by atoms with Gasteiger partial charge in [-0.1, -0.05) is 35.7 Å². The number of terminal acetylenes is 1. The van der Waals surface area contributed by atoms with Crippen LogP contribution in [0.15, 0.2) is 45.3 Å². The van der Waals surface area contributed by atoms with Crippen LogP contribution in [0.3, 0.4) is 0 Å². The van der Waals surface area contributed by atoms with Crippen LogP contribution in [0.25, 0.3) is 11.6 Å². The quantitative estimate of drug-likeness (QED) is 0.359. The van der Waals surface area contributed by atoms with E-state index in [1.807, 2.05) is 49.4 Å². The van der Waals surface area contributed by atoms with Gasteiger partial charge in [0.25, 0.3) is 0 Å². The summed E-state index contributed by atoms with van der Waals surface area (Å²) in [6.07, 6.45) is 7.05. The van der Waals surface area contributed by atoms with Crippen molar-refractivity contribution in [3.05, 3.63) is 62.0 Å². The normalized spacial score (nSPS) is 10.7. The Labute approximate surface area is 153 Å². The Morgan fingerprint density at radius 2 is 1.83 bits per heavy atom. The summed E-state index contributed by atoms with van der Waals surface area (Å²) in [5, 5.41) is 9.43. The second-order valence-electron chi connectivity index (χ2n) is 4.84. The number of rotatable bonds is 4. The first-order valence-electron chi connectivity index (χ1n) is 6.79. The summed E-state index contributed by atoms with van der Waals surface area (Å²) in [5.74, 6) is 3.08. The summed E-state index contributed by atoms with van der Waals surface area (Å²) < 4.78 is 7.03. The molecule has 2 aromatic rings. The largest absolute Gasteiger partial charge is 0.479 e. The van der Waals surface area contributed by atoms with Crippen molar-refractivity contribution in [3.63, 3.8) is 0 Å². The molecule has 0 unspecified atom stereocenters. The zero-order chi connectivity index (χ0) is 16.8. The summed E-state index contributed by atoms with van der Waals surface area (Å²) in [6, 6.07) is 13.9. The predicted octanol–water partition coefficient (Wildman–Crippen LogP) is 5.60. The van der Waals surface area contributed by atoms with Gasteiger partial charge in [-0.3, -0.25) is 0 Å². The Balaban J connectivity index is 2.39. The van der Waals surface area contributed by atoms with Crippen LogP contribution < -0.4 is 4.74 Å². The number of ether oxygens (including phenoxy) is 1. The summed E-state index contributed by atoms with van der Waals surface area (Å²) in [6.45, 7) is 2.21. The maximum absolute atomic E-state index is 9.43. The van der Waals surface area contributed by atoms with Crippen LogP contribution in [0.4, 0.5) is 0 Å². The van der Waals surface area contributed by atoms with Crippen LogP contribution in [-0.2, 0) is 0 Å². The van der Waals surface area contributed by atoms with Crippen molar-refractivity contribution >= 4 is 43.5 Å². The van der Waals surface area contributed by atoms with Crippen LogP contribution >= 0.6 is 31.9 Å². The number of benzene rings is 2. The van der Waals surface area contributed by atoms with Gasteiger partial charge in [0.05, 0.1) is 20.6 Å². The second-order valence-corrected chi connectivity index (χ2v) is 6.55. The highest BCUT2D eigenvalue weighted by molar-refractivity contribution is 9.11. The fourth-order valence-corrected chi connectivity index (χ4v) is 3.45. The zero-order valence-corrected chi connectivity index (χ0v) is 15.6. The van der Waals surface area contributed by atoms with Crippen LogP contribution in [-0.4, -0.2) is 6.61 Å². The summed E-state index contributed by atoms with van der Waals surface area (Å²) in [5.41, 5.74) is 3.53. The molecule has 0 aliphatic rings. The van der Waals surface area contributed by atoms with Crippen molar-refractivity contribution in [2.45, 2.75) is 6.92 Å². The summed E-state index contributed by atoms with van der Waals surface area (Å²) >= 11 is 6.94. The molecule has 0 spiro atoms. The highest BCUT2D eigenvalue weighted by Crippen LogP contribution is 2.35. The third kappa shape index (κ3) is 4.48. The van der Waals surface area contributed by atoms with E-state index in [1.54, 1.807) is 0 Å². The third-order valence-electron chi connectivity index (χ3n) is 3.11. The van der Waals surface area contributed by atoms with Gasteiger partial charge in [-0.15, -0.1) is 6.42 Å². The highest BCUT2D eigenvalue weighted by Gasteiger charge is 2.09.